The van der Waals surface area contributed by atoms with Crippen molar-refractivity contribution in [1.82, 2.24) is 0 Å². The molecule has 4 heterocycles. The molecule has 0 radical (unpaired) electrons. The van der Waals surface area contributed by atoms with Gasteiger partial charge in [-0.05, 0) is 54.4 Å². The molecule has 1 aliphatic carbocycles. The molecule has 1 saturated carbocycles. The molecule has 5 fully saturated rings. The summed E-state index contributed by atoms with van der Waals surface area (Å²) in [6.45, 7) is 7.05. The molecule has 0 amide bonds. The van der Waals surface area contributed by atoms with Crippen LogP contribution in [0.25, 0.3) is 10.8 Å². The third kappa shape index (κ3) is 3.01. The Hall–Kier alpha value is -1.50. The van der Waals surface area contributed by atoms with Gasteiger partial charge in [0.1, 0.15) is 0 Å². The topological polar surface area (TPSA) is 46.2 Å². The molecule has 7 rings (SSSR count). The van der Waals surface area contributed by atoms with Crippen molar-refractivity contribution in [3.63, 3.8) is 0 Å². The van der Waals surface area contributed by atoms with E-state index >= 15 is 0 Å². The Morgan fingerprint density at radius 2 is 1.81 bits per heavy atom. The van der Waals surface area contributed by atoms with E-state index in [1.807, 2.05) is 6.92 Å². The first-order chi connectivity index (χ1) is 15.0. The number of benzene rings is 2. The summed E-state index contributed by atoms with van der Waals surface area (Å²) in [4.78, 5) is 12.1. The predicted molar refractivity (Wildman–Crippen MR) is 116 cm³/mol. The van der Waals surface area contributed by atoms with Crippen molar-refractivity contribution in [2.24, 2.45) is 23.7 Å². The molecule has 0 unspecified atom stereocenters. The van der Waals surface area contributed by atoms with Crippen LogP contribution in [0.1, 0.15) is 52.0 Å². The van der Waals surface area contributed by atoms with E-state index in [9.17, 15) is 0 Å². The van der Waals surface area contributed by atoms with Crippen molar-refractivity contribution < 1.29 is 24.0 Å². The Kier molecular flexibility index (Phi) is 4.71. The van der Waals surface area contributed by atoms with Gasteiger partial charge >= 0.3 is 0 Å². The number of hydrogen-bond donors (Lipinski definition) is 0. The molecule has 4 saturated heterocycles. The van der Waals surface area contributed by atoms with Crippen LogP contribution in [0.3, 0.4) is 0 Å². The second-order valence-corrected chi connectivity index (χ2v) is 10.2. The first kappa shape index (κ1) is 20.1. The molecule has 31 heavy (non-hydrogen) atoms. The average molecular weight is 425 g/mol. The van der Waals surface area contributed by atoms with Gasteiger partial charge in [-0.3, -0.25) is 0 Å². The summed E-state index contributed by atoms with van der Waals surface area (Å²) in [6, 6.07) is 14.8. The molecule has 0 aromatic heterocycles. The maximum absolute atomic E-state index is 6.54. The van der Waals surface area contributed by atoms with E-state index in [1.165, 1.54) is 22.8 Å². The lowest BCUT2D eigenvalue weighted by Crippen LogP contribution is -2.70. The summed E-state index contributed by atoms with van der Waals surface area (Å²) < 4.78 is 19.4. The molecule has 2 aromatic rings. The lowest BCUT2D eigenvalue weighted by atomic mass is 9.58. The van der Waals surface area contributed by atoms with Crippen LogP contribution >= 0.6 is 0 Å². The highest BCUT2D eigenvalue weighted by Crippen LogP contribution is 2.60. The minimum atomic E-state index is -0.752. The van der Waals surface area contributed by atoms with Crippen molar-refractivity contribution in [2.45, 2.75) is 77.0 Å². The van der Waals surface area contributed by atoms with Gasteiger partial charge in [0.2, 0.25) is 5.79 Å². The van der Waals surface area contributed by atoms with E-state index in [0.29, 0.717) is 18.4 Å². The zero-order valence-corrected chi connectivity index (χ0v) is 18.6. The maximum Gasteiger partial charge on any atom is 0.201 e. The van der Waals surface area contributed by atoms with Crippen LogP contribution in [-0.2, 0) is 30.6 Å². The molecule has 5 heteroatoms. The first-order valence-electron chi connectivity index (χ1n) is 11.8. The van der Waals surface area contributed by atoms with Crippen molar-refractivity contribution in [3.8, 4) is 0 Å². The largest absolute Gasteiger partial charge is 0.348 e. The van der Waals surface area contributed by atoms with Crippen LogP contribution in [0, 0.1) is 23.7 Å². The van der Waals surface area contributed by atoms with Crippen molar-refractivity contribution in [3.05, 3.63) is 48.0 Å². The first-order valence-corrected chi connectivity index (χ1v) is 11.8. The van der Waals surface area contributed by atoms with Crippen LogP contribution in [-0.4, -0.2) is 24.0 Å². The van der Waals surface area contributed by atoms with Gasteiger partial charge < -0.3 is 14.2 Å². The van der Waals surface area contributed by atoms with Gasteiger partial charge in [0.05, 0.1) is 6.61 Å². The fraction of sp³-hybridized carbons (Fsp3) is 0.615. The van der Waals surface area contributed by atoms with Crippen LogP contribution in [0.15, 0.2) is 42.5 Å². The smallest absolute Gasteiger partial charge is 0.201 e. The Morgan fingerprint density at radius 3 is 2.71 bits per heavy atom. The number of fused-ring (bicyclic) bond motifs is 3. The number of rotatable bonds is 3. The van der Waals surface area contributed by atoms with E-state index in [-0.39, 0.29) is 18.1 Å². The highest BCUT2D eigenvalue weighted by molar-refractivity contribution is 5.85. The molecule has 2 bridgehead atoms. The van der Waals surface area contributed by atoms with Gasteiger partial charge in [-0.1, -0.05) is 56.3 Å². The van der Waals surface area contributed by atoms with E-state index in [2.05, 4.69) is 56.3 Å². The highest BCUT2D eigenvalue weighted by Gasteiger charge is 2.69. The van der Waals surface area contributed by atoms with Crippen LogP contribution < -0.4 is 0 Å². The third-order valence-electron chi connectivity index (χ3n) is 8.38. The molecule has 0 N–H and O–H groups in total. The Labute approximate surface area is 183 Å². The quantitative estimate of drug-likeness (QED) is 0.603. The van der Waals surface area contributed by atoms with Gasteiger partial charge in [0.15, 0.2) is 18.2 Å². The van der Waals surface area contributed by atoms with Gasteiger partial charge in [-0.2, -0.15) is 0 Å². The lowest BCUT2D eigenvalue weighted by molar-refractivity contribution is -0.577. The summed E-state index contributed by atoms with van der Waals surface area (Å²) in [5.74, 6) is 0.666. The highest BCUT2D eigenvalue weighted by atomic mass is 17.3. The van der Waals surface area contributed by atoms with Crippen LogP contribution in [0.4, 0.5) is 0 Å². The minimum absolute atomic E-state index is 0.191. The monoisotopic (exact) mass is 424 g/mol. The molecule has 5 aliphatic rings. The van der Waals surface area contributed by atoms with Crippen molar-refractivity contribution >= 4 is 10.8 Å². The fourth-order valence-electron chi connectivity index (χ4n) is 6.65. The molecule has 4 aliphatic heterocycles. The van der Waals surface area contributed by atoms with Crippen LogP contribution in [0.2, 0.25) is 0 Å². The van der Waals surface area contributed by atoms with E-state index in [4.69, 9.17) is 24.0 Å². The zero-order chi connectivity index (χ0) is 21.2. The number of hydrogen-bond acceptors (Lipinski definition) is 5. The Morgan fingerprint density at radius 1 is 0.968 bits per heavy atom. The van der Waals surface area contributed by atoms with E-state index < -0.39 is 17.7 Å². The van der Waals surface area contributed by atoms with Gasteiger partial charge in [-0.15, -0.1) is 0 Å². The fourth-order valence-corrected chi connectivity index (χ4v) is 6.65. The minimum Gasteiger partial charge on any atom is -0.348 e. The maximum atomic E-state index is 6.54. The summed E-state index contributed by atoms with van der Waals surface area (Å²) in [5, 5.41) is 2.46. The zero-order valence-electron chi connectivity index (χ0n) is 18.6. The van der Waals surface area contributed by atoms with E-state index in [1.54, 1.807) is 0 Å². The van der Waals surface area contributed by atoms with Crippen LogP contribution in [0.5, 0.6) is 0 Å². The van der Waals surface area contributed by atoms with E-state index in [0.717, 1.165) is 19.3 Å². The molecular weight excluding hydrogens is 392 g/mol. The molecule has 166 valence electrons. The van der Waals surface area contributed by atoms with Crippen molar-refractivity contribution in [1.29, 1.82) is 0 Å². The lowest BCUT2D eigenvalue weighted by Gasteiger charge is -2.60. The average Bonchev–Trinajstić information content (AvgIpc) is 3.01. The van der Waals surface area contributed by atoms with Gasteiger partial charge in [0, 0.05) is 18.3 Å². The standard InChI is InChI=1S/C26H32O5/c1-16-11-12-22-17(2)23(27-15-19-9-6-8-18-7-4-5-10-20(18)19)28-24-26(22)21(16)13-14-25(3,29-24)30-31-26/h4-10,16-17,21-24H,11-15H2,1-3H3/t16-,17-,21+,22+,23-,24-,25-,26-/m1/s1. The Balaban J connectivity index is 1.29. The molecular formula is C26H32O5. The summed E-state index contributed by atoms with van der Waals surface area (Å²) in [5.41, 5.74) is 0.644. The SMILES string of the molecule is C[C@H]1[C@H](OCc2cccc3ccccc23)O[C@@H]2O[C@@]3(C)CC[C@H]4[C@H](C)CC[C@@H]1[C@@]24OO3. The summed E-state index contributed by atoms with van der Waals surface area (Å²) in [6.07, 6.45) is 3.36. The van der Waals surface area contributed by atoms with Gasteiger partial charge in [-0.25, -0.2) is 9.78 Å². The molecule has 1 spiro atoms. The Bertz CT molecular complexity index is 972. The molecule has 2 aromatic carbocycles. The number of ether oxygens (including phenoxy) is 3. The summed E-state index contributed by atoms with van der Waals surface area (Å²) in [7, 11) is 0. The second kappa shape index (κ2) is 7.26. The normalized spacial score (nSPS) is 44.1. The third-order valence-corrected chi connectivity index (χ3v) is 8.38. The molecule has 8 atom stereocenters. The van der Waals surface area contributed by atoms with Crippen molar-refractivity contribution in [2.75, 3.05) is 0 Å². The molecule has 5 nitrogen and oxygen atoms in total. The van der Waals surface area contributed by atoms with Gasteiger partial charge in [0.25, 0.3) is 0 Å². The summed E-state index contributed by atoms with van der Waals surface area (Å²) >= 11 is 0. The predicted octanol–water partition coefficient (Wildman–Crippen LogP) is 5.56. The second-order valence-electron chi connectivity index (χ2n) is 10.2.